The van der Waals surface area contributed by atoms with Gasteiger partial charge >= 0.3 is 0 Å². The van der Waals surface area contributed by atoms with Gasteiger partial charge in [-0.3, -0.25) is 4.79 Å². The van der Waals surface area contributed by atoms with E-state index in [2.05, 4.69) is 0 Å². The predicted molar refractivity (Wildman–Crippen MR) is 69.5 cm³/mol. The van der Waals surface area contributed by atoms with Crippen molar-refractivity contribution in [1.29, 1.82) is 0 Å². The molecule has 0 saturated carbocycles. The monoisotopic (exact) mass is 262 g/mol. The lowest BCUT2D eigenvalue weighted by molar-refractivity contribution is -0.145. The summed E-state index contributed by atoms with van der Waals surface area (Å²) in [5.74, 6) is 1.29. The zero-order valence-electron chi connectivity index (χ0n) is 10.8. The van der Waals surface area contributed by atoms with Crippen LogP contribution in [0.5, 0.6) is 5.75 Å². The van der Waals surface area contributed by atoms with E-state index in [1.807, 2.05) is 24.3 Å². The molecule has 19 heavy (non-hydrogen) atoms. The largest absolute Gasteiger partial charge is 0.493 e. The molecule has 3 rings (SSSR count). The molecule has 2 aliphatic heterocycles. The molecule has 0 spiro atoms. The summed E-state index contributed by atoms with van der Waals surface area (Å²) in [7, 11) is 0. The molecule has 1 saturated heterocycles. The first kappa shape index (κ1) is 12.6. The number of para-hydroxylation sites is 1. The SMILES string of the molecule is O=C(CC1CCOc2ccccc21)C1COCCO1. The molecule has 2 heterocycles. The van der Waals surface area contributed by atoms with E-state index in [4.69, 9.17) is 14.2 Å². The molecule has 2 aliphatic rings. The molecule has 0 radical (unpaired) electrons. The molecule has 0 aromatic heterocycles. The zero-order valence-corrected chi connectivity index (χ0v) is 10.8. The number of Topliss-reactive ketones (excluding diaryl/α,β-unsaturated/α-hetero) is 1. The van der Waals surface area contributed by atoms with Crippen LogP contribution in [0.1, 0.15) is 24.3 Å². The minimum absolute atomic E-state index is 0.140. The van der Waals surface area contributed by atoms with Crippen molar-refractivity contribution in [1.82, 2.24) is 0 Å². The predicted octanol–water partition coefficient (Wildman–Crippen LogP) is 1.93. The van der Waals surface area contributed by atoms with Gasteiger partial charge in [0.15, 0.2) is 5.78 Å². The number of ether oxygens (including phenoxy) is 3. The molecular weight excluding hydrogens is 244 g/mol. The summed E-state index contributed by atoms with van der Waals surface area (Å²) in [6, 6.07) is 7.96. The Morgan fingerprint density at radius 1 is 1.21 bits per heavy atom. The van der Waals surface area contributed by atoms with Crippen LogP contribution in [0.25, 0.3) is 0 Å². The van der Waals surface area contributed by atoms with Crippen molar-refractivity contribution in [2.24, 2.45) is 0 Å². The van der Waals surface area contributed by atoms with Crippen LogP contribution in [0, 0.1) is 0 Å². The summed E-state index contributed by atoms with van der Waals surface area (Å²) in [6.45, 7) is 2.17. The summed E-state index contributed by atoms with van der Waals surface area (Å²) in [6.07, 6.45) is 1.01. The molecule has 4 heteroatoms. The van der Waals surface area contributed by atoms with Gasteiger partial charge in [-0.1, -0.05) is 18.2 Å². The number of ketones is 1. The Morgan fingerprint density at radius 2 is 2.11 bits per heavy atom. The Hall–Kier alpha value is -1.39. The van der Waals surface area contributed by atoms with Gasteiger partial charge in [0, 0.05) is 6.42 Å². The highest BCUT2D eigenvalue weighted by Gasteiger charge is 2.28. The Morgan fingerprint density at radius 3 is 2.95 bits per heavy atom. The number of carbonyl (C=O) groups is 1. The second kappa shape index (κ2) is 5.72. The van der Waals surface area contributed by atoms with E-state index in [1.165, 1.54) is 0 Å². The molecule has 2 unspecified atom stereocenters. The van der Waals surface area contributed by atoms with Crippen molar-refractivity contribution in [2.75, 3.05) is 26.4 Å². The third kappa shape index (κ3) is 2.80. The maximum absolute atomic E-state index is 12.2. The Kier molecular flexibility index (Phi) is 3.80. The maximum Gasteiger partial charge on any atom is 0.164 e. The highest BCUT2D eigenvalue weighted by atomic mass is 16.6. The first-order valence-electron chi connectivity index (χ1n) is 6.78. The van der Waals surface area contributed by atoms with Gasteiger partial charge in [-0.25, -0.2) is 0 Å². The smallest absolute Gasteiger partial charge is 0.164 e. The fourth-order valence-electron chi connectivity index (χ4n) is 2.68. The van der Waals surface area contributed by atoms with Gasteiger partial charge < -0.3 is 14.2 Å². The molecule has 1 aromatic rings. The fourth-order valence-corrected chi connectivity index (χ4v) is 2.68. The number of hydrogen-bond acceptors (Lipinski definition) is 4. The second-order valence-electron chi connectivity index (χ2n) is 4.98. The fraction of sp³-hybridized carbons (Fsp3) is 0.533. The summed E-state index contributed by atoms with van der Waals surface area (Å²) in [5, 5.41) is 0. The van der Waals surface area contributed by atoms with E-state index < -0.39 is 0 Å². The lowest BCUT2D eigenvalue weighted by Gasteiger charge is -2.27. The van der Waals surface area contributed by atoms with E-state index in [0.29, 0.717) is 32.8 Å². The molecule has 0 bridgehead atoms. The van der Waals surface area contributed by atoms with E-state index in [9.17, 15) is 4.79 Å². The molecule has 4 nitrogen and oxygen atoms in total. The quantitative estimate of drug-likeness (QED) is 0.835. The number of rotatable bonds is 3. The molecule has 102 valence electrons. The van der Waals surface area contributed by atoms with E-state index in [1.54, 1.807) is 0 Å². The molecule has 0 N–H and O–H groups in total. The van der Waals surface area contributed by atoms with Gasteiger partial charge in [0.05, 0.1) is 26.4 Å². The van der Waals surface area contributed by atoms with Crippen LogP contribution in [0.4, 0.5) is 0 Å². The van der Waals surface area contributed by atoms with Gasteiger partial charge in [0.25, 0.3) is 0 Å². The molecule has 0 amide bonds. The van der Waals surface area contributed by atoms with Crippen LogP contribution in [0.3, 0.4) is 0 Å². The lowest BCUT2D eigenvalue weighted by Crippen LogP contribution is -2.36. The van der Waals surface area contributed by atoms with Crippen LogP contribution in [0.15, 0.2) is 24.3 Å². The first-order chi connectivity index (χ1) is 9.34. The maximum atomic E-state index is 12.2. The van der Waals surface area contributed by atoms with Crippen molar-refractivity contribution in [3.8, 4) is 5.75 Å². The molecule has 2 atom stereocenters. The van der Waals surface area contributed by atoms with Gasteiger partial charge in [-0.15, -0.1) is 0 Å². The topological polar surface area (TPSA) is 44.8 Å². The van der Waals surface area contributed by atoms with E-state index >= 15 is 0 Å². The highest BCUT2D eigenvalue weighted by molar-refractivity contribution is 5.84. The Bertz CT molecular complexity index is 451. The second-order valence-corrected chi connectivity index (χ2v) is 4.98. The van der Waals surface area contributed by atoms with Gasteiger partial charge in [0.1, 0.15) is 11.9 Å². The zero-order chi connectivity index (χ0) is 13.1. The van der Waals surface area contributed by atoms with Crippen LogP contribution < -0.4 is 4.74 Å². The van der Waals surface area contributed by atoms with E-state index in [0.717, 1.165) is 17.7 Å². The van der Waals surface area contributed by atoms with Crippen molar-refractivity contribution < 1.29 is 19.0 Å². The summed E-state index contributed by atoms with van der Waals surface area (Å²) >= 11 is 0. The van der Waals surface area contributed by atoms with Crippen LogP contribution >= 0.6 is 0 Å². The van der Waals surface area contributed by atoms with Crippen molar-refractivity contribution in [3.05, 3.63) is 29.8 Å². The van der Waals surface area contributed by atoms with Crippen LogP contribution in [0.2, 0.25) is 0 Å². The Balaban J connectivity index is 1.68. The number of hydrogen-bond donors (Lipinski definition) is 0. The number of benzene rings is 1. The van der Waals surface area contributed by atoms with Crippen LogP contribution in [-0.4, -0.2) is 38.3 Å². The van der Waals surface area contributed by atoms with Gasteiger partial charge in [-0.2, -0.15) is 0 Å². The third-order valence-electron chi connectivity index (χ3n) is 3.71. The summed E-state index contributed by atoms with van der Waals surface area (Å²) < 4.78 is 16.4. The Labute approximate surface area is 112 Å². The van der Waals surface area contributed by atoms with Gasteiger partial charge in [-0.05, 0) is 24.0 Å². The summed E-state index contributed by atoms with van der Waals surface area (Å²) in [4.78, 5) is 12.2. The third-order valence-corrected chi connectivity index (χ3v) is 3.71. The average molecular weight is 262 g/mol. The average Bonchev–Trinajstić information content (AvgIpc) is 2.48. The minimum Gasteiger partial charge on any atom is -0.493 e. The normalized spacial score (nSPS) is 26.3. The molecule has 1 fully saturated rings. The molecule has 0 aliphatic carbocycles. The van der Waals surface area contributed by atoms with Crippen molar-refractivity contribution in [2.45, 2.75) is 24.9 Å². The minimum atomic E-state index is -0.385. The van der Waals surface area contributed by atoms with E-state index in [-0.39, 0.29) is 17.8 Å². The standard InChI is InChI=1S/C15H18O4/c16-13(15-10-17-7-8-19-15)9-11-5-6-18-14-4-2-1-3-12(11)14/h1-4,11,15H,5-10H2. The number of carbonyl (C=O) groups excluding carboxylic acids is 1. The van der Waals surface area contributed by atoms with Crippen molar-refractivity contribution in [3.63, 3.8) is 0 Å². The lowest BCUT2D eigenvalue weighted by atomic mass is 9.88. The highest BCUT2D eigenvalue weighted by Crippen LogP contribution is 2.35. The van der Waals surface area contributed by atoms with Crippen molar-refractivity contribution >= 4 is 5.78 Å². The summed E-state index contributed by atoms with van der Waals surface area (Å²) in [5.41, 5.74) is 1.14. The first-order valence-corrected chi connectivity index (χ1v) is 6.78. The number of fused-ring (bicyclic) bond motifs is 1. The van der Waals surface area contributed by atoms with Crippen LogP contribution in [-0.2, 0) is 14.3 Å². The van der Waals surface area contributed by atoms with Gasteiger partial charge in [0.2, 0.25) is 0 Å². The molecule has 1 aromatic carbocycles. The molecular formula is C15H18O4.